The van der Waals surface area contributed by atoms with Gasteiger partial charge in [0.25, 0.3) is 0 Å². The number of esters is 1. The third kappa shape index (κ3) is 12.3. The molecular weight excluding hydrogens is 604 g/mol. The molecule has 0 spiro atoms. The van der Waals surface area contributed by atoms with E-state index in [0.29, 0.717) is 25.9 Å². The smallest absolute Gasteiger partial charge is 0.309 e. The van der Waals surface area contributed by atoms with E-state index < -0.39 is 48.0 Å². The van der Waals surface area contributed by atoms with Crippen LogP contribution in [0.15, 0.2) is 36.0 Å². The highest BCUT2D eigenvalue weighted by atomic mass is 16.6. The minimum Gasteiger partial charge on any atom is -0.457 e. The number of carbonyl (C=O) groups excluding carboxylic acids is 1. The Bertz CT molecular complexity index is 1070. The molecule has 0 aromatic heterocycles. The third-order valence-corrected chi connectivity index (χ3v) is 9.89. The number of hydrogen-bond donors (Lipinski definition) is 5. The Kier molecular flexibility index (Phi) is 15.1. The molecule has 0 bridgehead atoms. The van der Waals surface area contributed by atoms with Gasteiger partial charge >= 0.3 is 5.97 Å². The fraction of sp³-hybridized carbons (Fsp3) is 0.806. The highest BCUT2D eigenvalue weighted by Gasteiger charge is 2.47. The van der Waals surface area contributed by atoms with Crippen LogP contribution in [0, 0.1) is 11.8 Å². The molecule has 0 radical (unpaired) electrons. The molecule has 11 heteroatoms. The molecule has 47 heavy (non-hydrogen) atoms. The van der Waals surface area contributed by atoms with Gasteiger partial charge in [-0.05, 0) is 58.6 Å². The average Bonchev–Trinajstić information content (AvgIpc) is 3.77. The molecule has 0 aliphatic carbocycles. The van der Waals surface area contributed by atoms with E-state index in [4.69, 9.17) is 14.2 Å². The summed E-state index contributed by atoms with van der Waals surface area (Å²) >= 11 is 0. The van der Waals surface area contributed by atoms with E-state index in [0.717, 1.165) is 31.6 Å². The quantitative estimate of drug-likeness (QED) is 0.0648. The maximum absolute atomic E-state index is 12.8. The van der Waals surface area contributed by atoms with Gasteiger partial charge in [-0.3, -0.25) is 9.69 Å². The molecule has 0 aromatic rings. The first-order chi connectivity index (χ1) is 22.1. The summed E-state index contributed by atoms with van der Waals surface area (Å²) in [7, 11) is 0. The Morgan fingerprint density at radius 3 is 2.53 bits per heavy atom. The van der Waals surface area contributed by atoms with Crippen LogP contribution >= 0.6 is 0 Å². The van der Waals surface area contributed by atoms with Crippen LogP contribution in [0.25, 0.3) is 0 Å². The largest absolute Gasteiger partial charge is 0.457 e. The predicted octanol–water partition coefficient (Wildman–Crippen LogP) is 2.89. The Balaban J connectivity index is 1.72. The van der Waals surface area contributed by atoms with Crippen LogP contribution in [-0.2, 0) is 19.0 Å². The zero-order valence-corrected chi connectivity index (χ0v) is 29.6. The normalized spacial score (nSPS) is 36.1. The molecule has 270 valence electrons. The number of ether oxygens (including phenoxy) is 3. The van der Waals surface area contributed by atoms with E-state index in [1.54, 1.807) is 38.2 Å². The molecule has 2 fully saturated rings. The Morgan fingerprint density at radius 1 is 1.21 bits per heavy atom. The topological polar surface area (TPSA) is 156 Å². The van der Waals surface area contributed by atoms with Crippen LogP contribution < -0.4 is 0 Å². The molecule has 11 atom stereocenters. The summed E-state index contributed by atoms with van der Waals surface area (Å²) in [6.45, 7) is 17.1. The second-order valence-corrected chi connectivity index (χ2v) is 14.5. The third-order valence-electron chi connectivity index (χ3n) is 9.89. The lowest BCUT2D eigenvalue weighted by atomic mass is 9.88. The van der Waals surface area contributed by atoms with Crippen molar-refractivity contribution in [3.63, 3.8) is 0 Å². The van der Waals surface area contributed by atoms with Gasteiger partial charge < -0.3 is 44.6 Å². The molecule has 0 aromatic carbocycles. The minimum atomic E-state index is -1.42. The first-order valence-corrected chi connectivity index (χ1v) is 17.6. The molecule has 3 rings (SSSR count). The molecule has 3 heterocycles. The fourth-order valence-corrected chi connectivity index (χ4v) is 6.57. The van der Waals surface area contributed by atoms with Crippen molar-refractivity contribution in [2.75, 3.05) is 32.7 Å². The highest BCUT2D eigenvalue weighted by Crippen LogP contribution is 2.37. The lowest BCUT2D eigenvalue weighted by Crippen LogP contribution is -2.53. The van der Waals surface area contributed by atoms with E-state index in [1.165, 1.54) is 0 Å². The van der Waals surface area contributed by atoms with Crippen LogP contribution in [-0.4, -0.2) is 128 Å². The summed E-state index contributed by atoms with van der Waals surface area (Å²) in [6, 6.07) is 0. The number of cyclic esters (lactones) is 1. The number of allylic oxidation sites excluding steroid dienone is 2. The lowest BCUT2D eigenvalue weighted by molar-refractivity contribution is -0.243. The maximum atomic E-state index is 12.8. The second kappa shape index (κ2) is 17.8. The van der Waals surface area contributed by atoms with Crippen molar-refractivity contribution in [3.8, 4) is 0 Å². The minimum absolute atomic E-state index is 0.00555. The van der Waals surface area contributed by atoms with Crippen LogP contribution in [0.2, 0.25) is 0 Å². The van der Waals surface area contributed by atoms with Gasteiger partial charge in [0.2, 0.25) is 6.41 Å². The number of nitrogens with zero attached hydrogens (tertiary/aromatic N) is 2. The number of carbonyl (C=O) groups is 1. The summed E-state index contributed by atoms with van der Waals surface area (Å²) in [5, 5.41) is 54.2. The second-order valence-electron chi connectivity index (χ2n) is 14.5. The van der Waals surface area contributed by atoms with Gasteiger partial charge in [-0.2, -0.15) is 0 Å². The van der Waals surface area contributed by atoms with Crippen LogP contribution in [0.5, 0.6) is 0 Å². The van der Waals surface area contributed by atoms with Crippen molar-refractivity contribution >= 4 is 5.97 Å². The first kappa shape index (κ1) is 39.8. The molecule has 3 aliphatic rings. The highest BCUT2D eigenvalue weighted by molar-refractivity contribution is 5.70. The van der Waals surface area contributed by atoms with Gasteiger partial charge in [0, 0.05) is 44.4 Å². The summed E-state index contributed by atoms with van der Waals surface area (Å²) < 4.78 is 17.7. The zero-order valence-electron chi connectivity index (χ0n) is 29.6. The van der Waals surface area contributed by atoms with Crippen LogP contribution in [0.4, 0.5) is 0 Å². The summed E-state index contributed by atoms with van der Waals surface area (Å²) in [6.07, 6.45) is 6.51. The van der Waals surface area contributed by atoms with Gasteiger partial charge in [0.05, 0.1) is 42.0 Å². The van der Waals surface area contributed by atoms with E-state index >= 15 is 0 Å². The van der Waals surface area contributed by atoms with Crippen molar-refractivity contribution in [1.82, 2.24) is 9.80 Å². The van der Waals surface area contributed by atoms with E-state index in [2.05, 4.69) is 11.8 Å². The Morgan fingerprint density at radius 2 is 1.89 bits per heavy atom. The van der Waals surface area contributed by atoms with Crippen LogP contribution in [0.3, 0.4) is 0 Å². The molecule has 5 N–H and O–H groups in total. The SMILES string of the molecule is CCCN1CCN(C(O)OC2/C=C/C(C)C(/C(C)=C/C=C/C(C)(O)CC3OC3C(C)C(O)CC)OC(=O)CC(O)CCC2(C)O)CC1. The molecular formula is C36H62N2O9. The molecule has 11 unspecified atom stereocenters. The number of piperazine rings is 1. The summed E-state index contributed by atoms with van der Waals surface area (Å²) in [4.78, 5) is 17.1. The maximum Gasteiger partial charge on any atom is 0.309 e. The Labute approximate surface area is 281 Å². The number of aliphatic hydroxyl groups excluding tert-OH is 3. The Hall–Kier alpha value is -1.67. The van der Waals surface area contributed by atoms with Gasteiger partial charge in [0.1, 0.15) is 12.2 Å². The van der Waals surface area contributed by atoms with Gasteiger partial charge in [-0.25, -0.2) is 0 Å². The lowest BCUT2D eigenvalue weighted by Gasteiger charge is -2.40. The summed E-state index contributed by atoms with van der Waals surface area (Å²) in [5.41, 5.74) is -1.84. The summed E-state index contributed by atoms with van der Waals surface area (Å²) in [5.74, 6) is -0.893. The number of epoxide rings is 1. The molecule has 2 saturated heterocycles. The van der Waals surface area contributed by atoms with Crippen molar-refractivity contribution in [1.29, 1.82) is 0 Å². The molecule has 3 aliphatic heterocycles. The standard InChI is InChI=1S/C36H62N2O9/c1-8-17-37-18-20-38(21-19-37)34(42)46-30-13-12-25(4)32(47-31(41)22-27(39)14-16-36(30,7)44)24(3)11-10-15-35(6,43)23-29-33(45-29)26(5)28(40)9-2/h10-13,15,25-30,32-34,39-40,42-44H,8-9,14,16-23H2,1-7H3/b13-12+,15-10+,24-11+. The fourth-order valence-electron chi connectivity index (χ4n) is 6.57. The average molecular weight is 667 g/mol. The van der Waals surface area contributed by atoms with Gasteiger partial charge in [-0.15, -0.1) is 0 Å². The number of rotatable bonds is 13. The monoisotopic (exact) mass is 666 g/mol. The molecule has 11 nitrogen and oxygen atoms in total. The van der Waals surface area contributed by atoms with Crippen LogP contribution in [0.1, 0.15) is 87.0 Å². The van der Waals surface area contributed by atoms with Crippen molar-refractivity contribution < 1.29 is 44.5 Å². The number of aliphatic hydroxyl groups is 5. The molecule has 0 amide bonds. The van der Waals surface area contributed by atoms with E-state index in [-0.39, 0.29) is 43.3 Å². The van der Waals surface area contributed by atoms with Crippen molar-refractivity contribution in [3.05, 3.63) is 36.0 Å². The predicted molar refractivity (Wildman–Crippen MR) is 180 cm³/mol. The first-order valence-electron chi connectivity index (χ1n) is 17.6. The van der Waals surface area contributed by atoms with Gasteiger partial charge in [0.15, 0.2) is 0 Å². The zero-order chi connectivity index (χ0) is 34.9. The van der Waals surface area contributed by atoms with Gasteiger partial charge in [-0.1, -0.05) is 58.1 Å². The van der Waals surface area contributed by atoms with Crippen molar-refractivity contribution in [2.24, 2.45) is 11.8 Å². The van der Waals surface area contributed by atoms with E-state index in [1.807, 2.05) is 38.7 Å². The van der Waals surface area contributed by atoms with E-state index in [9.17, 15) is 30.3 Å². The number of hydrogen-bond acceptors (Lipinski definition) is 11. The molecule has 0 saturated carbocycles. The van der Waals surface area contributed by atoms with Crippen molar-refractivity contribution in [2.45, 2.75) is 141 Å².